The molecule has 4 atom stereocenters. The van der Waals surface area contributed by atoms with Crippen molar-refractivity contribution in [1.82, 2.24) is 0 Å². The highest BCUT2D eigenvalue weighted by molar-refractivity contribution is 5.95. The van der Waals surface area contributed by atoms with Crippen LogP contribution in [0.25, 0.3) is 12.2 Å². The van der Waals surface area contributed by atoms with Crippen LogP contribution in [0.3, 0.4) is 0 Å². The summed E-state index contributed by atoms with van der Waals surface area (Å²) in [5.74, 6) is -1.56. The molecule has 9 nitrogen and oxygen atoms in total. The lowest BCUT2D eigenvalue weighted by Gasteiger charge is -2.20. The lowest BCUT2D eigenvalue weighted by molar-refractivity contribution is -0.152. The standard InChI is InChI=1S/C31H38O9/c1-20(32)22(16-21-10-7-6-8-11-21)14-15-25(33)29-26(39-31(2,3)40-29)13-9-12-23-17-24(37-5)18-27(38-19-36-4)28(23)30(34)35/h6-12,14-18,20,25-26,29,32-33H,13,19H2,1-5H3,(H,34,35)/t20-,25?,26-,29+/m0/s1. The fourth-order valence-electron chi connectivity index (χ4n) is 4.36. The van der Waals surface area contributed by atoms with Crippen LogP contribution in [0.4, 0.5) is 0 Å². The van der Waals surface area contributed by atoms with E-state index in [9.17, 15) is 20.1 Å². The summed E-state index contributed by atoms with van der Waals surface area (Å²) >= 11 is 0. The molecule has 3 N–H and O–H groups in total. The molecular formula is C31H38O9. The molecule has 1 heterocycles. The molecule has 9 heteroatoms. The molecule has 3 rings (SSSR count). The van der Waals surface area contributed by atoms with E-state index in [-0.39, 0.29) is 18.1 Å². The molecule has 0 spiro atoms. The fourth-order valence-corrected chi connectivity index (χ4v) is 4.36. The van der Waals surface area contributed by atoms with Crippen molar-refractivity contribution < 1.29 is 43.8 Å². The molecule has 0 amide bonds. The summed E-state index contributed by atoms with van der Waals surface area (Å²) in [7, 11) is 2.92. The molecule has 1 aliphatic rings. The van der Waals surface area contributed by atoms with Crippen LogP contribution >= 0.6 is 0 Å². The Bertz CT molecular complexity index is 1210. The van der Waals surface area contributed by atoms with Gasteiger partial charge in [0.25, 0.3) is 0 Å². The minimum absolute atomic E-state index is 0.0339. The number of methoxy groups -OCH3 is 2. The van der Waals surface area contributed by atoms with Gasteiger partial charge in [-0.05, 0) is 56.0 Å². The summed E-state index contributed by atoms with van der Waals surface area (Å²) in [6.07, 6.45) is 5.84. The van der Waals surface area contributed by atoms with Crippen LogP contribution in [0.1, 0.15) is 48.7 Å². The smallest absolute Gasteiger partial charge is 0.340 e. The van der Waals surface area contributed by atoms with Crippen molar-refractivity contribution in [2.24, 2.45) is 0 Å². The third-order valence-corrected chi connectivity index (χ3v) is 6.21. The Hall–Kier alpha value is -3.47. The number of hydrogen-bond acceptors (Lipinski definition) is 8. The van der Waals surface area contributed by atoms with E-state index in [0.717, 1.165) is 5.56 Å². The van der Waals surface area contributed by atoms with Gasteiger partial charge in [0.05, 0.1) is 19.3 Å². The second-order valence-corrected chi connectivity index (χ2v) is 9.80. The first-order valence-corrected chi connectivity index (χ1v) is 12.9. The number of carbonyl (C=O) groups is 1. The Labute approximate surface area is 234 Å². The molecule has 0 aliphatic carbocycles. The number of aliphatic hydroxyl groups is 2. The average molecular weight is 555 g/mol. The lowest BCUT2D eigenvalue weighted by atomic mass is 10.0. The van der Waals surface area contributed by atoms with Crippen molar-refractivity contribution in [3.8, 4) is 11.5 Å². The third kappa shape index (κ3) is 8.51. The summed E-state index contributed by atoms with van der Waals surface area (Å²) in [5.41, 5.74) is 1.90. The topological polar surface area (TPSA) is 124 Å². The van der Waals surface area contributed by atoms with E-state index in [0.29, 0.717) is 23.3 Å². The third-order valence-electron chi connectivity index (χ3n) is 6.21. The van der Waals surface area contributed by atoms with Gasteiger partial charge in [-0.1, -0.05) is 54.6 Å². The number of carboxylic acids is 1. The van der Waals surface area contributed by atoms with E-state index in [1.807, 2.05) is 36.4 Å². The van der Waals surface area contributed by atoms with Gasteiger partial charge >= 0.3 is 5.97 Å². The van der Waals surface area contributed by atoms with Crippen molar-refractivity contribution in [1.29, 1.82) is 0 Å². The van der Waals surface area contributed by atoms with Gasteiger partial charge < -0.3 is 39.0 Å². The summed E-state index contributed by atoms with van der Waals surface area (Å²) in [6.45, 7) is 5.07. The number of hydrogen-bond donors (Lipinski definition) is 3. The fraction of sp³-hybridized carbons (Fsp3) is 0.387. The Morgan fingerprint density at radius 3 is 2.48 bits per heavy atom. The van der Waals surface area contributed by atoms with Crippen molar-refractivity contribution >= 4 is 18.1 Å². The molecule has 216 valence electrons. The number of rotatable bonds is 13. The SMILES string of the molecule is COCOc1cc(OC)cc(C=CC[C@@H]2OC(C)(C)O[C@@H]2C(O)C=CC(=Cc2ccccc2)[C@H](C)O)c1C(=O)O. The van der Waals surface area contributed by atoms with Gasteiger partial charge in [-0.25, -0.2) is 4.79 Å². The Morgan fingerprint density at radius 2 is 1.85 bits per heavy atom. The van der Waals surface area contributed by atoms with Crippen LogP contribution in [0.5, 0.6) is 11.5 Å². The summed E-state index contributed by atoms with van der Waals surface area (Å²) in [6, 6.07) is 12.7. The van der Waals surface area contributed by atoms with Crippen LogP contribution in [0.2, 0.25) is 0 Å². The van der Waals surface area contributed by atoms with Crippen molar-refractivity contribution in [2.45, 2.75) is 57.4 Å². The second kappa shape index (κ2) is 14.2. The van der Waals surface area contributed by atoms with E-state index in [4.69, 9.17) is 23.7 Å². The maximum absolute atomic E-state index is 12.0. The monoisotopic (exact) mass is 554 g/mol. The van der Waals surface area contributed by atoms with Gasteiger partial charge in [0.2, 0.25) is 0 Å². The Morgan fingerprint density at radius 1 is 1.12 bits per heavy atom. The van der Waals surface area contributed by atoms with E-state index in [2.05, 4.69) is 0 Å². The summed E-state index contributed by atoms with van der Waals surface area (Å²) in [4.78, 5) is 12.0. The van der Waals surface area contributed by atoms with E-state index >= 15 is 0 Å². The summed E-state index contributed by atoms with van der Waals surface area (Å²) in [5, 5.41) is 31.1. The number of ether oxygens (including phenoxy) is 5. The van der Waals surface area contributed by atoms with Crippen LogP contribution in [0, 0.1) is 0 Å². The number of benzene rings is 2. The number of aromatic carboxylic acids is 1. The minimum Gasteiger partial charge on any atom is -0.497 e. The highest BCUT2D eigenvalue weighted by Crippen LogP contribution is 2.34. The predicted molar refractivity (Wildman–Crippen MR) is 151 cm³/mol. The molecule has 1 unspecified atom stereocenters. The average Bonchev–Trinajstić information content (AvgIpc) is 3.23. The highest BCUT2D eigenvalue weighted by atomic mass is 16.8. The van der Waals surface area contributed by atoms with E-state index in [1.54, 1.807) is 51.1 Å². The molecule has 2 aromatic carbocycles. The first kappa shape index (κ1) is 31.1. The van der Waals surface area contributed by atoms with Crippen LogP contribution in [0.15, 0.2) is 66.3 Å². The van der Waals surface area contributed by atoms with Gasteiger partial charge in [-0.15, -0.1) is 0 Å². The molecule has 0 aromatic heterocycles. The summed E-state index contributed by atoms with van der Waals surface area (Å²) < 4.78 is 27.8. The van der Waals surface area contributed by atoms with Gasteiger partial charge in [0.1, 0.15) is 29.3 Å². The first-order valence-electron chi connectivity index (χ1n) is 12.9. The highest BCUT2D eigenvalue weighted by Gasteiger charge is 2.43. The molecule has 1 aliphatic heterocycles. The maximum Gasteiger partial charge on any atom is 0.340 e. The zero-order chi connectivity index (χ0) is 29.3. The van der Waals surface area contributed by atoms with Crippen LogP contribution < -0.4 is 9.47 Å². The normalized spacial score (nSPS) is 20.6. The quantitative estimate of drug-likeness (QED) is 0.239. The molecule has 0 bridgehead atoms. The molecule has 0 radical (unpaired) electrons. The number of aliphatic hydroxyl groups excluding tert-OH is 2. The Kier molecular flexibility index (Phi) is 11.1. The molecular weight excluding hydrogens is 516 g/mol. The maximum atomic E-state index is 12.0. The van der Waals surface area contributed by atoms with Gasteiger partial charge in [0, 0.05) is 13.2 Å². The van der Waals surface area contributed by atoms with E-state index in [1.165, 1.54) is 20.3 Å². The second-order valence-electron chi connectivity index (χ2n) is 9.80. The van der Waals surface area contributed by atoms with Crippen molar-refractivity contribution in [2.75, 3.05) is 21.0 Å². The van der Waals surface area contributed by atoms with Gasteiger partial charge in [-0.3, -0.25) is 0 Å². The Balaban J connectivity index is 1.81. The van der Waals surface area contributed by atoms with Gasteiger partial charge in [0.15, 0.2) is 12.6 Å². The van der Waals surface area contributed by atoms with Crippen LogP contribution in [-0.4, -0.2) is 72.5 Å². The molecule has 1 saturated heterocycles. The largest absolute Gasteiger partial charge is 0.497 e. The predicted octanol–water partition coefficient (Wildman–Crippen LogP) is 4.68. The molecule has 1 fully saturated rings. The van der Waals surface area contributed by atoms with Gasteiger partial charge in [-0.2, -0.15) is 0 Å². The molecule has 40 heavy (non-hydrogen) atoms. The molecule has 2 aromatic rings. The minimum atomic E-state index is -1.16. The zero-order valence-corrected chi connectivity index (χ0v) is 23.4. The van der Waals surface area contributed by atoms with E-state index < -0.39 is 36.2 Å². The van der Waals surface area contributed by atoms with Crippen LogP contribution in [-0.2, 0) is 14.2 Å². The lowest BCUT2D eigenvalue weighted by Crippen LogP contribution is -2.34. The first-order chi connectivity index (χ1) is 19.0. The van der Waals surface area contributed by atoms with Crippen molar-refractivity contribution in [3.63, 3.8) is 0 Å². The van der Waals surface area contributed by atoms with Crippen molar-refractivity contribution in [3.05, 3.63) is 83.0 Å². The number of carboxylic acid groups (broad SMARTS) is 1. The molecule has 0 saturated carbocycles. The zero-order valence-electron chi connectivity index (χ0n) is 23.4.